The predicted molar refractivity (Wildman–Crippen MR) is 119 cm³/mol. The second kappa shape index (κ2) is 11.0. The summed E-state index contributed by atoms with van der Waals surface area (Å²) < 4.78 is 25.1. The zero-order valence-electron chi connectivity index (χ0n) is 17.5. The molecule has 0 radical (unpaired) electrons. The summed E-state index contributed by atoms with van der Waals surface area (Å²) in [6.07, 6.45) is 4.68. The van der Waals surface area contributed by atoms with Crippen molar-refractivity contribution in [1.29, 1.82) is 0 Å². The lowest BCUT2D eigenvalue weighted by molar-refractivity contribution is 0.627. The molecule has 146 valence electrons. The van der Waals surface area contributed by atoms with Gasteiger partial charge in [-0.05, 0) is 77.1 Å². The van der Waals surface area contributed by atoms with E-state index < -0.39 is 10.8 Å². The molecule has 0 saturated carbocycles. The van der Waals surface area contributed by atoms with Gasteiger partial charge in [0.2, 0.25) is 0 Å². The summed E-state index contributed by atoms with van der Waals surface area (Å²) in [7, 11) is -0.966. The van der Waals surface area contributed by atoms with Gasteiger partial charge in [-0.25, -0.2) is 4.39 Å². The van der Waals surface area contributed by atoms with Crippen LogP contribution in [-0.2, 0) is 10.8 Å². The molecule has 0 spiro atoms. The molecule has 1 atom stereocenters. The van der Waals surface area contributed by atoms with Crippen molar-refractivity contribution >= 4 is 28.0 Å². The van der Waals surface area contributed by atoms with Gasteiger partial charge in [0, 0.05) is 22.0 Å². The van der Waals surface area contributed by atoms with E-state index in [1.54, 1.807) is 12.3 Å². The summed E-state index contributed by atoms with van der Waals surface area (Å²) >= 11 is 0. The molecular formula is C24H31FOS. The van der Waals surface area contributed by atoms with Gasteiger partial charge in [-0.1, -0.05) is 52.8 Å². The van der Waals surface area contributed by atoms with Crippen LogP contribution in [0.1, 0.15) is 64.7 Å². The average Bonchev–Trinajstić information content (AvgIpc) is 2.95. The van der Waals surface area contributed by atoms with Crippen molar-refractivity contribution in [3.8, 4) is 0 Å². The maximum absolute atomic E-state index is 13.6. The average molecular weight is 387 g/mol. The standard InChI is InChI=1S/C20H19FOS.2C2H6/c1-4-17-13(2)19(18-10-7-15(21)12-20(17)18)11-14-5-8-16(9-6-14)23(3)22;2*1-2/h5-12H,4H2,1-3H3;2*1-2H3/b19-11+;;. The molecule has 1 unspecified atom stereocenters. The highest BCUT2D eigenvalue weighted by Gasteiger charge is 2.22. The molecule has 2 aromatic rings. The Hall–Kier alpha value is -2.00. The summed E-state index contributed by atoms with van der Waals surface area (Å²) in [6, 6.07) is 12.7. The highest BCUT2D eigenvalue weighted by atomic mass is 32.2. The first-order valence-electron chi connectivity index (χ1n) is 9.67. The lowest BCUT2D eigenvalue weighted by atomic mass is 10.0. The number of allylic oxidation sites excluding steroid dienone is 3. The largest absolute Gasteiger partial charge is 0.255 e. The van der Waals surface area contributed by atoms with Crippen molar-refractivity contribution in [2.24, 2.45) is 0 Å². The number of halogens is 1. The minimum absolute atomic E-state index is 0.196. The Morgan fingerprint density at radius 3 is 2.07 bits per heavy atom. The quantitative estimate of drug-likeness (QED) is 0.539. The molecule has 0 saturated heterocycles. The molecule has 0 bridgehead atoms. The molecule has 0 aliphatic heterocycles. The molecule has 1 aliphatic rings. The van der Waals surface area contributed by atoms with Crippen molar-refractivity contribution in [3.63, 3.8) is 0 Å². The summed E-state index contributed by atoms with van der Waals surface area (Å²) in [5.74, 6) is -0.196. The van der Waals surface area contributed by atoms with E-state index in [-0.39, 0.29) is 5.82 Å². The highest BCUT2D eigenvalue weighted by Crippen LogP contribution is 2.43. The number of fused-ring (bicyclic) bond motifs is 1. The van der Waals surface area contributed by atoms with Crippen molar-refractivity contribution in [1.82, 2.24) is 0 Å². The second-order valence-corrected chi connectivity index (χ2v) is 7.11. The lowest BCUT2D eigenvalue weighted by Gasteiger charge is -2.05. The van der Waals surface area contributed by atoms with Gasteiger partial charge in [0.15, 0.2) is 0 Å². The maximum Gasteiger partial charge on any atom is 0.123 e. The van der Waals surface area contributed by atoms with Crippen LogP contribution in [-0.4, -0.2) is 10.5 Å². The fraction of sp³-hybridized carbons (Fsp3) is 0.333. The van der Waals surface area contributed by atoms with Crippen LogP contribution in [0.25, 0.3) is 17.2 Å². The topological polar surface area (TPSA) is 17.1 Å². The molecule has 1 nitrogen and oxygen atoms in total. The number of benzene rings is 2. The van der Waals surface area contributed by atoms with E-state index in [2.05, 4.69) is 19.9 Å². The van der Waals surface area contributed by atoms with Crippen LogP contribution in [0.3, 0.4) is 0 Å². The van der Waals surface area contributed by atoms with Crippen molar-refractivity contribution < 1.29 is 8.60 Å². The highest BCUT2D eigenvalue weighted by molar-refractivity contribution is 7.84. The Morgan fingerprint density at radius 1 is 0.963 bits per heavy atom. The molecule has 0 aromatic heterocycles. The van der Waals surface area contributed by atoms with Gasteiger partial charge in [-0.2, -0.15) is 0 Å². The van der Waals surface area contributed by atoms with Crippen molar-refractivity contribution in [2.75, 3.05) is 6.26 Å². The SMILES string of the molecule is CC.CC.CCC1=C(C)/C(=C\c2ccc(S(C)=O)cc2)c2ccc(F)cc21. The summed E-state index contributed by atoms with van der Waals surface area (Å²) in [6.45, 7) is 12.2. The van der Waals surface area contributed by atoms with Crippen LogP contribution < -0.4 is 0 Å². The molecule has 0 amide bonds. The van der Waals surface area contributed by atoms with Gasteiger partial charge in [-0.3, -0.25) is 4.21 Å². The number of hydrogen-bond donors (Lipinski definition) is 0. The van der Waals surface area contributed by atoms with Crippen LogP contribution in [0.2, 0.25) is 0 Å². The molecule has 2 aromatic carbocycles. The minimum atomic E-state index is -0.966. The molecule has 1 aliphatic carbocycles. The normalized spacial score (nSPS) is 14.7. The predicted octanol–water partition coefficient (Wildman–Crippen LogP) is 7.35. The van der Waals surface area contributed by atoms with Crippen molar-refractivity contribution in [2.45, 2.75) is 52.9 Å². The van der Waals surface area contributed by atoms with Crippen LogP contribution in [0, 0.1) is 5.82 Å². The Balaban J connectivity index is 0.000000855. The third-order valence-electron chi connectivity index (χ3n) is 4.33. The Labute approximate surface area is 166 Å². The van der Waals surface area contributed by atoms with E-state index in [0.29, 0.717) is 0 Å². The maximum atomic E-state index is 13.6. The van der Waals surface area contributed by atoms with Gasteiger partial charge in [0.05, 0.1) is 0 Å². The first kappa shape index (κ1) is 23.0. The molecule has 3 rings (SSSR count). The smallest absolute Gasteiger partial charge is 0.123 e. The Morgan fingerprint density at radius 2 is 1.56 bits per heavy atom. The Bertz CT molecular complexity index is 845. The van der Waals surface area contributed by atoms with Crippen LogP contribution >= 0.6 is 0 Å². The van der Waals surface area contributed by atoms with Crippen LogP contribution in [0.4, 0.5) is 4.39 Å². The van der Waals surface area contributed by atoms with Crippen LogP contribution in [0.5, 0.6) is 0 Å². The van der Waals surface area contributed by atoms with E-state index >= 15 is 0 Å². The first-order chi connectivity index (χ1) is 13.0. The Kier molecular flexibility index (Phi) is 9.37. The fourth-order valence-corrected chi connectivity index (χ4v) is 3.65. The number of rotatable bonds is 3. The van der Waals surface area contributed by atoms with Gasteiger partial charge in [-0.15, -0.1) is 0 Å². The van der Waals surface area contributed by atoms with Gasteiger partial charge >= 0.3 is 0 Å². The zero-order valence-corrected chi connectivity index (χ0v) is 18.3. The van der Waals surface area contributed by atoms with Crippen molar-refractivity contribution in [3.05, 3.63) is 70.5 Å². The summed E-state index contributed by atoms with van der Waals surface area (Å²) in [4.78, 5) is 0.822. The zero-order chi connectivity index (χ0) is 20.6. The van der Waals surface area contributed by atoms with Crippen LogP contribution in [0.15, 0.2) is 52.9 Å². The lowest BCUT2D eigenvalue weighted by Crippen LogP contribution is -1.88. The first-order valence-corrected chi connectivity index (χ1v) is 11.2. The molecule has 0 N–H and O–H groups in total. The molecule has 0 fully saturated rings. The molecule has 27 heavy (non-hydrogen) atoms. The number of hydrogen-bond acceptors (Lipinski definition) is 1. The minimum Gasteiger partial charge on any atom is -0.255 e. The monoisotopic (exact) mass is 386 g/mol. The van der Waals surface area contributed by atoms with E-state index in [1.807, 2.05) is 58.0 Å². The third kappa shape index (κ3) is 5.26. The molecule has 3 heteroatoms. The molecule has 0 heterocycles. The van der Waals surface area contributed by atoms with Gasteiger partial charge in [0.1, 0.15) is 5.82 Å². The molecular weight excluding hydrogens is 355 g/mol. The van der Waals surface area contributed by atoms with E-state index in [4.69, 9.17) is 0 Å². The van der Waals surface area contributed by atoms with Gasteiger partial charge in [0.25, 0.3) is 0 Å². The fourth-order valence-electron chi connectivity index (χ4n) is 3.13. The second-order valence-electron chi connectivity index (χ2n) is 5.73. The third-order valence-corrected chi connectivity index (χ3v) is 5.27. The van der Waals surface area contributed by atoms with Gasteiger partial charge < -0.3 is 0 Å². The van der Waals surface area contributed by atoms with E-state index in [0.717, 1.165) is 33.6 Å². The van der Waals surface area contributed by atoms with E-state index in [9.17, 15) is 8.60 Å². The van der Waals surface area contributed by atoms with E-state index in [1.165, 1.54) is 17.2 Å². The summed E-state index contributed by atoms with van der Waals surface area (Å²) in [5, 5.41) is 0. The summed E-state index contributed by atoms with van der Waals surface area (Å²) in [5.41, 5.74) is 6.70.